The van der Waals surface area contributed by atoms with Gasteiger partial charge in [-0.05, 0) is 42.6 Å². The molecule has 1 heterocycles. The van der Waals surface area contributed by atoms with Crippen molar-refractivity contribution >= 4 is 11.6 Å². The lowest BCUT2D eigenvalue weighted by atomic mass is 9.97. The van der Waals surface area contributed by atoms with Crippen LogP contribution in [0.3, 0.4) is 0 Å². The normalized spacial score (nSPS) is 19.6. The van der Waals surface area contributed by atoms with E-state index in [1.54, 1.807) is 0 Å². The second-order valence-corrected chi connectivity index (χ2v) is 6.03. The molecule has 2 aromatic carbocycles. The first kappa shape index (κ1) is 14.6. The van der Waals surface area contributed by atoms with Gasteiger partial charge in [-0.1, -0.05) is 54.1 Å². The van der Waals surface area contributed by atoms with Gasteiger partial charge in [-0.3, -0.25) is 0 Å². The molecule has 0 saturated carbocycles. The molecule has 3 heteroatoms. The van der Waals surface area contributed by atoms with Crippen molar-refractivity contribution < 1.29 is 0 Å². The minimum absolute atomic E-state index is 0.231. The summed E-state index contributed by atoms with van der Waals surface area (Å²) in [4.78, 5) is 0. The number of benzene rings is 2. The van der Waals surface area contributed by atoms with Crippen LogP contribution in [0.4, 0.5) is 0 Å². The number of fused-ring (bicyclic) bond motifs is 1. The Labute approximate surface area is 131 Å². The quantitative estimate of drug-likeness (QED) is 0.886. The first-order valence-electron chi connectivity index (χ1n) is 7.54. The lowest BCUT2D eigenvalue weighted by Crippen LogP contribution is -2.26. The van der Waals surface area contributed by atoms with Crippen LogP contribution in [0, 0.1) is 0 Å². The number of rotatable bonds is 3. The molecule has 3 rings (SSSR count). The fourth-order valence-corrected chi connectivity index (χ4v) is 3.35. The lowest BCUT2D eigenvalue weighted by Gasteiger charge is -2.24. The Morgan fingerprint density at radius 3 is 2.76 bits per heavy atom. The molecular formula is C18H21ClN2. The van der Waals surface area contributed by atoms with Crippen LogP contribution in [0.2, 0.25) is 5.02 Å². The standard InChI is InChI=1S/C18H21ClN2/c1-13(15-7-4-5-9-17(15)19)21-18-10-11-20-12-14-6-2-3-8-16(14)18/h2-9,13,18,20-21H,10-12H2,1H3. The van der Waals surface area contributed by atoms with E-state index < -0.39 is 0 Å². The van der Waals surface area contributed by atoms with E-state index in [0.29, 0.717) is 6.04 Å². The third-order valence-electron chi connectivity index (χ3n) is 4.18. The molecule has 0 spiro atoms. The monoisotopic (exact) mass is 300 g/mol. The molecule has 0 bridgehead atoms. The van der Waals surface area contributed by atoms with Crippen molar-refractivity contribution in [3.05, 3.63) is 70.2 Å². The van der Waals surface area contributed by atoms with E-state index in [4.69, 9.17) is 11.6 Å². The van der Waals surface area contributed by atoms with E-state index in [1.165, 1.54) is 11.1 Å². The summed E-state index contributed by atoms with van der Waals surface area (Å²) in [7, 11) is 0. The zero-order chi connectivity index (χ0) is 14.7. The highest BCUT2D eigenvalue weighted by Gasteiger charge is 2.20. The Morgan fingerprint density at radius 2 is 1.90 bits per heavy atom. The Morgan fingerprint density at radius 1 is 1.14 bits per heavy atom. The van der Waals surface area contributed by atoms with Gasteiger partial charge in [-0.25, -0.2) is 0 Å². The summed E-state index contributed by atoms with van der Waals surface area (Å²) in [5, 5.41) is 8.07. The molecule has 0 aliphatic carbocycles. The van der Waals surface area contributed by atoms with Crippen LogP contribution in [0.1, 0.15) is 42.1 Å². The summed E-state index contributed by atoms with van der Waals surface area (Å²) in [5.41, 5.74) is 3.95. The summed E-state index contributed by atoms with van der Waals surface area (Å²) in [6.07, 6.45) is 1.09. The van der Waals surface area contributed by atoms with Crippen molar-refractivity contribution in [2.75, 3.05) is 6.54 Å². The van der Waals surface area contributed by atoms with Gasteiger partial charge in [0.25, 0.3) is 0 Å². The highest BCUT2D eigenvalue weighted by Crippen LogP contribution is 2.29. The highest BCUT2D eigenvalue weighted by atomic mass is 35.5. The minimum Gasteiger partial charge on any atom is -0.313 e. The average Bonchev–Trinajstić information content (AvgIpc) is 2.70. The van der Waals surface area contributed by atoms with Gasteiger partial charge in [-0.15, -0.1) is 0 Å². The first-order chi connectivity index (χ1) is 10.3. The van der Waals surface area contributed by atoms with Crippen LogP contribution in [-0.4, -0.2) is 6.54 Å². The highest BCUT2D eigenvalue weighted by molar-refractivity contribution is 6.31. The van der Waals surface area contributed by atoms with E-state index >= 15 is 0 Å². The lowest BCUT2D eigenvalue weighted by molar-refractivity contribution is 0.443. The Bertz CT molecular complexity index is 612. The van der Waals surface area contributed by atoms with Gasteiger partial charge in [-0.2, -0.15) is 0 Å². The van der Waals surface area contributed by atoms with Crippen LogP contribution in [0.15, 0.2) is 48.5 Å². The number of halogens is 1. The molecule has 2 N–H and O–H groups in total. The fraction of sp³-hybridized carbons (Fsp3) is 0.333. The zero-order valence-electron chi connectivity index (χ0n) is 12.3. The predicted molar refractivity (Wildman–Crippen MR) is 88.5 cm³/mol. The smallest absolute Gasteiger partial charge is 0.0453 e. The number of hydrogen-bond acceptors (Lipinski definition) is 2. The summed E-state index contributed by atoms with van der Waals surface area (Å²) in [6.45, 7) is 4.17. The van der Waals surface area contributed by atoms with Crippen LogP contribution >= 0.6 is 11.6 Å². The van der Waals surface area contributed by atoms with Crippen LogP contribution < -0.4 is 10.6 Å². The molecule has 110 valence electrons. The number of hydrogen-bond donors (Lipinski definition) is 2. The molecular weight excluding hydrogens is 280 g/mol. The zero-order valence-corrected chi connectivity index (χ0v) is 13.0. The molecule has 1 aliphatic heterocycles. The van der Waals surface area contributed by atoms with Gasteiger partial charge < -0.3 is 10.6 Å². The maximum atomic E-state index is 6.32. The van der Waals surface area contributed by atoms with Crippen molar-refractivity contribution in [1.29, 1.82) is 0 Å². The van der Waals surface area contributed by atoms with Crippen LogP contribution in [0.25, 0.3) is 0 Å². The molecule has 0 fully saturated rings. The van der Waals surface area contributed by atoms with Crippen molar-refractivity contribution in [3.63, 3.8) is 0 Å². The maximum absolute atomic E-state index is 6.32. The second kappa shape index (κ2) is 6.61. The molecule has 0 radical (unpaired) electrons. The van der Waals surface area contributed by atoms with E-state index in [2.05, 4.69) is 47.9 Å². The van der Waals surface area contributed by atoms with E-state index in [-0.39, 0.29) is 6.04 Å². The molecule has 21 heavy (non-hydrogen) atoms. The van der Waals surface area contributed by atoms with Crippen molar-refractivity contribution in [3.8, 4) is 0 Å². The average molecular weight is 301 g/mol. The summed E-state index contributed by atoms with van der Waals surface area (Å²) in [6, 6.07) is 17.3. The molecule has 1 aliphatic rings. The first-order valence-corrected chi connectivity index (χ1v) is 7.92. The Kier molecular flexibility index (Phi) is 4.59. The summed E-state index contributed by atoms with van der Waals surface area (Å²) < 4.78 is 0. The van der Waals surface area contributed by atoms with Gasteiger partial charge in [0.1, 0.15) is 0 Å². The van der Waals surface area contributed by atoms with Crippen molar-refractivity contribution in [2.45, 2.75) is 32.0 Å². The SMILES string of the molecule is CC(NC1CCNCc2ccccc21)c1ccccc1Cl. The maximum Gasteiger partial charge on any atom is 0.0453 e. The summed E-state index contributed by atoms with van der Waals surface area (Å²) in [5.74, 6) is 0. The molecule has 2 aromatic rings. The van der Waals surface area contributed by atoms with Crippen molar-refractivity contribution in [1.82, 2.24) is 10.6 Å². The Balaban J connectivity index is 1.83. The van der Waals surface area contributed by atoms with E-state index in [0.717, 1.165) is 30.1 Å². The van der Waals surface area contributed by atoms with Gasteiger partial charge >= 0.3 is 0 Å². The minimum atomic E-state index is 0.231. The third kappa shape index (κ3) is 3.29. The topological polar surface area (TPSA) is 24.1 Å². The number of nitrogens with one attached hydrogen (secondary N) is 2. The molecule has 0 saturated heterocycles. The predicted octanol–water partition coefficient (Wildman–Crippen LogP) is 4.23. The molecule has 0 amide bonds. The fourth-order valence-electron chi connectivity index (χ4n) is 3.05. The second-order valence-electron chi connectivity index (χ2n) is 5.63. The van der Waals surface area contributed by atoms with Crippen molar-refractivity contribution in [2.24, 2.45) is 0 Å². The molecule has 0 aromatic heterocycles. The Hall–Kier alpha value is -1.35. The van der Waals surface area contributed by atoms with Crippen LogP contribution in [-0.2, 0) is 6.54 Å². The largest absolute Gasteiger partial charge is 0.313 e. The van der Waals surface area contributed by atoms with Gasteiger partial charge in [0, 0.05) is 23.7 Å². The molecule has 2 nitrogen and oxygen atoms in total. The third-order valence-corrected chi connectivity index (χ3v) is 4.52. The summed E-state index contributed by atoms with van der Waals surface area (Å²) >= 11 is 6.32. The van der Waals surface area contributed by atoms with Gasteiger partial charge in [0.15, 0.2) is 0 Å². The molecule has 2 unspecified atom stereocenters. The van der Waals surface area contributed by atoms with E-state index in [1.807, 2.05) is 18.2 Å². The van der Waals surface area contributed by atoms with Crippen LogP contribution in [0.5, 0.6) is 0 Å². The van der Waals surface area contributed by atoms with Gasteiger partial charge in [0.05, 0.1) is 0 Å². The molecule has 2 atom stereocenters. The van der Waals surface area contributed by atoms with Gasteiger partial charge in [0.2, 0.25) is 0 Å². The van der Waals surface area contributed by atoms with E-state index in [9.17, 15) is 0 Å².